The second-order valence-corrected chi connectivity index (χ2v) is 6.87. The lowest BCUT2D eigenvalue weighted by Crippen LogP contribution is -2.16. The maximum absolute atomic E-state index is 5.68. The smallest absolute Gasteiger partial charge is 0.182 e. The molecule has 4 rings (SSSR count). The second-order valence-electron chi connectivity index (χ2n) is 5.96. The van der Waals surface area contributed by atoms with Crippen LogP contribution in [0.1, 0.15) is 30.5 Å². The predicted molar refractivity (Wildman–Crippen MR) is 84.0 cm³/mol. The number of benzene rings is 2. The summed E-state index contributed by atoms with van der Waals surface area (Å²) in [4.78, 5) is 4.32. The molecule has 1 heterocycles. The number of fused-ring (bicyclic) bond motifs is 5. The van der Waals surface area contributed by atoms with Crippen LogP contribution in [0.15, 0.2) is 39.5 Å². The predicted octanol–water partition coefficient (Wildman–Crippen LogP) is 5.21. The molecule has 100 valence electrons. The van der Waals surface area contributed by atoms with Crippen LogP contribution in [-0.2, 0) is 5.41 Å². The number of oxazole rings is 1. The van der Waals surface area contributed by atoms with Gasteiger partial charge in [-0.25, -0.2) is 4.98 Å². The van der Waals surface area contributed by atoms with Crippen LogP contribution in [0.3, 0.4) is 0 Å². The van der Waals surface area contributed by atoms with Crippen LogP contribution in [0.4, 0.5) is 0 Å². The Morgan fingerprint density at radius 3 is 2.80 bits per heavy atom. The van der Waals surface area contributed by atoms with E-state index in [0.717, 1.165) is 15.6 Å². The molecule has 0 bridgehead atoms. The molecule has 3 aromatic rings. The van der Waals surface area contributed by atoms with Gasteiger partial charge in [-0.3, -0.25) is 0 Å². The average Bonchev–Trinajstić information content (AvgIpc) is 2.91. The molecule has 1 aliphatic carbocycles. The van der Waals surface area contributed by atoms with Crippen molar-refractivity contribution in [3.8, 4) is 11.1 Å². The van der Waals surface area contributed by atoms with Crippen molar-refractivity contribution in [2.45, 2.75) is 26.2 Å². The molecule has 0 N–H and O–H groups in total. The summed E-state index contributed by atoms with van der Waals surface area (Å²) in [6.45, 7) is 6.72. The van der Waals surface area contributed by atoms with Gasteiger partial charge in [-0.05, 0) is 47.4 Å². The van der Waals surface area contributed by atoms with Crippen molar-refractivity contribution in [1.82, 2.24) is 4.98 Å². The molecule has 0 saturated carbocycles. The van der Waals surface area contributed by atoms with Crippen molar-refractivity contribution in [3.63, 3.8) is 0 Å². The number of halogens is 1. The Bertz CT molecular complexity index is 861. The highest BCUT2D eigenvalue weighted by Gasteiger charge is 2.38. The summed E-state index contributed by atoms with van der Waals surface area (Å²) in [5.41, 5.74) is 8.27. The van der Waals surface area contributed by atoms with Gasteiger partial charge < -0.3 is 4.42 Å². The molecule has 0 radical (unpaired) electrons. The van der Waals surface area contributed by atoms with Crippen molar-refractivity contribution >= 4 is 27.0 Å². The number of hydrogen-bond donors (Lipinski definition) is 0. The molecule has 0 unspecified atom stereocenters. The van der Waals surface area contributed by atoms with E-state index in [1.54, 1.807) is 0 Å². The van der Waals surface area contributed by atoms with Gasteiger partial charge in [-0.15, -0.1) is 0 Å². The SMILES string of the molecule is Cc1cc2ncoc2c2c1C(C)(C)c1ccc(Br)cc1-2. The lowest BCUT2D eigenvalue weighted by Gasteiger charge is -2.23. The van der Waals surface area contributed by atoms with E-state index in [-0.39, 0.29) is 5.41 Å². The lowest BCUT2D eigenvalue weighted by molar-refractivity contribution is 0.601. The van der Waals surface area contributed by atoms with E-state index in [2.05, 4.69) is 66.0 Å². The molecular weight excluding hydrogens is 314 g/mol. The van der Waals surface area contributed by atoms with E-state index in [1.165, 1.54) is 34.2 Å². The van der Waals surface area contributed by atoms with Gasteiger partial charge in [-0.1, -0.05) is 35.8 Å². The van der Waals surface area contributed by atoms with E-state index in [9.17, 15) is 0 Å². The third kappa shape index (κ3) is 1.36. The molecule has 0 saturated heterocycles. The van der Waals surface area contributed by atoms with E-state index in [1.807, 2.05) is 0 Å². The van der Waals surface area contributed by atoms with Crippen LogP contribution in [0.5, 0.6) is 0 Å². The third-order valence-electron chi connectivity index (χ3n) is 4.37. The monoisotopic (exact) mass is 327 g/mol. The van der Waals surface area contributed by atoms with E-state index in [0.29, 0.717) is 0 Å². The molecular formula is C17H14BrNO. The van der Waals surface area contributed by atoms with Crippen LogP contribution in [0.2, 0.25) is 0 Å². The summed E-state index contributed by atoms with van der Waals surface area (Å²) in [6, 6.07) is 8.63. The highest BCUT2D eigenvalue weighted by molar-refractivity contribution is 9.10. The third-order valence-corrected chi connectivity index (χ3v) is 4.86. The maximum Gasteiger partial charge on any atom is 0.182 e. The fraction of sp³-hybridized carbons (Fsp3) is 0.235. The van der Waals surface area contributed by atoms with E-state index in [4.69, 9.17) is 4.42 Å². The average molecular weight is 328 g/mol. The van der Waals surface area contributed by atoms with Gasteiger partial charge in [-0.2, -0.15) is 0 Å². The summed E-state index contributed by atoms with van der Waals surface area (Å²) in [6.07, 6.45) is 1.54. The summed E-state index contributed by atoms with van der Waals surface area (Å²) in [5, 5.41) is 0. The Labute approximate surface area is 126 Å². The highest BCUT2D eigenvalue weighted by Crippen LogP contribution is 2.52. The minimum atomic E-state index is -0.00354. The van der Waals surface area contributed by atoms with E-state index >= 15 is 0 Å². The minimum absolute atomic E-state index is 0.00354. The van der Waals surface area contributed by atoms with Crippen molar-refractivity contribution < 1.29 is 4.42 Å². The Hall–Kier alpha value is -1.61. The number of nitrogens with zero attached hydrogens (tertiary/aromatic N) is 1. The van der Waals surface area contributed by atoms with Crippen LogP contribution >= 0.6 is 15.9 Å². The largest absolute Gasteiger partial charge is 0.443 e. The number of aryl methyl sites for hydroxylation is 1. The van der Waals surface area contributed by atoms with Gasteiger partial charge >= 0.3 is 0 Å². The number of rotatable bonds is 0. The van der Waals surface area contributed by atoms with Crippen molar-refractivity contribution in [2.24, 2.45) is 0 Å². The molecule has 0 aliphatic heterocycles. The van der Waals surface area contributed by atoms with Crippen LogP contribution in [0, 0.1) is 6.92 Å². The molecule has 1 aliphatic rings. The Morgan fingerprint density at radius 2 is 2.00 bits per heavy atom. The number of hydrogen-bond acceptors (Lipinski definition) is 2. The first-order valence-electron chi connectivity index (χ1n) is 6.68. The fourth-order valence-corrected chi connectivity index (χ4v) is 3.96. The van der Waals surface area contributed by atoms with Gasteiger partial charge in [0.05, 0.1) is 0 Å². The van der Waals surface area contributed by atoms with Crippen molar-refractivity contribution in [1.29, 1.82) is 0 Å². The molecule has 3 heteroatoms. The topological polar surface area (TPSA) is 26.0 Å². The van der Waals surface area contributed by atoms with Crippen LogP contribution in [0.25, 0.3) is 22.2 Å². The standard InChI is InChI=1S/C17H14BrNO/c1-9-6-13-16(20-8-19-13)14-11-7-10(18)4-5-12(11)17(2,3)15(9)14/h4-8H,1-3H3. The minimum Gasteiger partial charge on any atom is -0.443 e. The van der Waals surface area contributed by atoms with Crippen LogP contribution < -0.4 is 0 Å². The Balaban J connectivity index is 2.25. The zero-order valence-electron chi connectivity index (χ0n) is 11.6. The number of aromatic nitrogens is 1. The molecule has 20 heavy (non-hydrogen) atoms. The van der Waals surface area contributed by atoms with Crippen LogP contribution in [-0.4, -0.2) is 4.98 Å². The van der Waals surface area contributed by atoms with Gasteiger partial charge in [0.1, 0.15) is 5.52 Å². The molecule has 0 atom stereocenters. The zero-order valence-corrected chi connectivity index (χ0v) is 13.2. The fourth-order valence-electron chi connectivity index (χ4n) is 3.60. The van der Waals surface area contributed by atoms with Gasteiger partial charge in [0, 0.05) is 15.5 Å². The Morgan fingerprint density at radius 1 is 1.20 bits per heavy atom. The Kier molecular flexibility index (Phi) is 2.27. The summed E-state index contributed by atoms with van der Waals surface area (Å²) in [5.74, 6) is 0. The zero-order chi connectivity index (χ0) is 14.1. The first-order valence-corrected chi connectivity index (χ1v) is 7.47. The van der Waals surface area contributed by atoms with E-state index < -0.39 is 0 Å². The van der Waals surface area contributed by atoms with Gasteiger partial charge in [0.15, 0.2) is 12.0 Å². The first kappa shape index (κ1) is 12.2. The van der Waals surface area contributed by atoms with Crippen molar-refractivity contribution in [3.05, 3.63) is 51.8 Å². The quantitative estimate of drug-likeness (QED) is 0.566. The van der Waals surface area contributed by atoms with Gasteiger partial charge in [0.2, 0.25) is 0 Å². The molecule has 1 aromatic heterocycles. The second kappa shape index (κ2) is 3.73. The summed E-state index contributed by atoms with van der Waals surface area (Å²) >= 11 is 3.58. The normalized spacial score (nSPS) is 15.4. The molecule has 0 fully saturated rings. The molecule has 2 aromatic carbocycles. The molecule has 0 spiro atoms. The maximum atomic E-state index is 5.68. The van der Waals surface area contributed by atoms with Crippen molar-refractivity contribution in [2.75, 3.05) is 0 Å². The summed E-state index contributed by atoms with van der Waals surface area (Å²) < 4.78 is 6.77. The molecule has 2 nitrogen and oxygen atoms in total. The molecule has 0 amide bonds. The lowest BCUT2D eigenvalue weighted by atomic mass is 9.80. The highest BCUT2D eigenvalue weighted by atomic mass is 79.9. The first-order chi connectivity index (χ1) is 9.50. The summed E-state index contributed by atoms with van der Waals surface area (Å²) in [7, 11) is 0. The van der Waals surface area contributed by atoms with Gasteiger partial charge in [0.25, 0.3) is 0 Å².